The number of fused-ring (bicyclic) bond motifs is 1. The zero-order valence-corrected chi connectivity index (χ0v) is 7.55. The third-order valence-corrected chi connectivity index (χ3v) is 3.02. The summed E-state index contributed by atoms with van der Waals surface area (Å²) in [6.07, 6.45) is 7.25. The van der Waals surface area contributed by atoms with Gasteiger partial charge < -0.3 is 4.74 Å². The fourth-order valence-electron chi connectivity index (χ4n) is 2.08. The van der Waals surface area contributed by atoms with Crippen molar-refractivity contribution in [3.63, 3.8) is 0 Å². The molecule has 1 saturated heterocycles. The van der Waals surface area contributed by atoms with E-state index in [1.165, 1.54) is 0 Å². The van der Waals surface area contributed by atoms with Gasteiger partial charge in [0.25, 0.3) is 0 Å². The molecule has 0 radical (unpaired) electrons. The van der Waals surface area contributed by atoms with Crippen LogP contribution in [0, 0.1) is 5.41 Å². The Morgan fingerprint density at radius 3 is 2.55 bits per heavy atom. The molecule has 0 aromatic heterocycles. The monoisotopic (exact) mass is 152 g/mol. The molecule has 0 saturated carbocycles. The van der Waals surface area contributed by atoms with Crippen molar-refractivity contribution in [1.29, 1.82) is 0 Å². The minimum Gasteiger partial charge on any atom is -0.365 e. The van der Waals surface area contributed by atoms with Gasteiger partial charge in [-0.3, -0.25) is 0 Å². The Morgan fingerprint density at radius 2 is 2.09 bits per heavy atom. The zero-order chi connectivity index (χ0) is 8.11. The van der Waals surface area contributed by atoms with E-state index in [9.17, 15) is 0 Å². The van der Waals surface area contributed by atoms with Gasteiger partial charge in [-0.05, 0) is 18.3 Å². The molecule has 1 aliphatic heterocycles. The Labute approximate surface area is 68.4 Å². The summed E-state index contributed by atoms with van der Waals surface area (Å²) in [5.74, 6) is 0. The zero-order valence-electron chi connectivity index (χ0n) is 7.55. The minimum absolute atomic E-state index is 0.196. The van der Waals surface area contributed by atoms with E-state index >= 15 is 0 Å². The van der Waals surface area contributed by atoms with Crippen molar-refractivity contribution >= 4 is 0 Å². The molecule has 62 valence electrons. The molecule has 0 aromatic rings. The van der Waals surface area contributed by atoms with Gasteiger partial charge in [0.15, 0.2) is 0 Å². The Hall–Kier alpha value is -0.300. The van der Waals surface area contributed by atoms with Crippen LogP contribution in [0.2, 0.25) is 0 Å². The van der Waals surface area contributed by atoms with Gasteiger partial charge in [0.05, 0.1) is 6.10 Å². The fraction of sp³-hybridized carbons (Fsp3) is 0.800. The van der Waals surface area contributed by atoms with Gasteiger partial charge in [0.2, 0.25) is 0 Å². The van der Waals surface area contributed by atoms with Crippen LogP contribution in [0.15, 0.2) is 12.2 Å². The Morgan fingerprint density at radius 1 is 1.36 bits per heavy atom. The maximum Gasteiger partial charge on any atom is 0.103 e. The van der Waals surface area contributed by atoms with E-state index in [4.69, 9.17) is 4.74 Å². The smallest absolute Gasteiger partial charge is 0.103 e. The number of hydrogen-bond acceptors (Lipinski definition) is 1. The molecule has 1 fully saturated rings. The number of rotatable bonds is 0. The lowest BCUT2D eigenvalue weighted by Crippen LogP contribution is -2.33. The Kier molecular flexibility index (Phi) is 1.26. The molecule has 0 unspecified atom stereocenters. The van der Waals surface area contributed by atoms with Gasteiger partial charge in [-0.2, -0.15) is 0 Å². The summed E-state index contributed by atoms with van der Waals surface area (Å²) >= 11 is 0. The molecule has 2 atom stereocenters. The first kappa shape index (κ1) is 7.35. The molecular formula is C10H16O. The van der Waals surface area contributed by atoms with Crippen molar-refractivity contribution in [1.82, 2.24) is 0 Å². The standard InChI is InChI=1S/C10H16O/c1-9(2,3)10-7-5-4-6-8(10)11-10/h4-5,8H,6-7H2,1-3H3/t8-,10+/m0/s1. The fourth-order valence-corrected chi connectivity index (χ4v) is 2.08. The predicted molar refractivity (Wildman–Crippen MR) is 45.4 cm³/mol. The van der Waals surface area contributed by atoms with Crippen molar-refractivity contribution in [3.05, 3.63) is 12.2 Å². The highest BCUT2D eigenvalue weighted by Gasteiger charge is 2.62. The lowest BCUT2D eigenvalue weighted by atomic mass is 9.74. The first-order chi connectivity index (χ1) is 5.06. The highest BCUT2D eigenvalue weighted by molar-refractivity contribution is 5.18. The van der Waals surface area contributed by atoms with E-state index in [0.29, 0.717) is 11.5 Å². The lowest BCUT2D eigenvalue weighted by Gasteiger charge is -2.28. The summed E-state index contributed by atoms with van der Waals surface area (Å²) in [7, 11) is 0. The average molecular weight is 152 g/mol. The number of hydrogen-bond donors (Lipinski definition) is 0. The van der Waals surface area contributed by atoms with Crippen molar-refractivity contribution < 1.29 is 4.74 Å². The molecule has 0 aromatic carbocycles. The summed E-state index contributed by atoms with van der Waals surface area (Å²) in [6.45, 7) is 6.81. The van der Waals surface area contributed by atoms with E-state index in [1.54, 1.807) is 0 Å². The lowest BCUT2D eigenvalue weighted by molar-refractivity contribution is 0.157. The molecule has 0 amide bonds. The van der Waals surface area contributed by atoms with Crippen molar-refractivity contribution in [3.8, 4) is 0 Å². The van der Waals surface area contributed by atoms with Crippen LogP contribution >= 0.6 is 0 Å². The SMILES string of the molecule is CC(C)(C)[C@@]12CC=CC[C@@H]1O2. The highest BCUT2D eigenvalue weighted by Crippen LogP contribution is 2.55. The molecule has 11 heavy (non-hydrogen) atoms. The minimum atomic E-state index is 0.196. The first-order valence-electron chi connectivity index (χ1n) is 4.39. The average Bonchev–Trinajstić information content (AvgIpc) is 2.59. The summed E-state index contributed by atoms with van der Waals surface area (Å²) in [5.41, 5.74) is 0.504. The molecule has 1 aliphatic carbocycles. The molecular weight excluding hydrogens is 136 g/mol. The van der Waals surface area contributed by atoms with Gasteiger partial charge in [0.1, 0.15) is 5.60 Å². The molecule has 1 heterocycles. The van der Waals surface area contributed by atoms with E-state index in [2.05, 4.69) is 32.9 Å². The second kappa shape index (κ2) is 1.89. The third kappa shape index (κ3) is 0.871. The van der Waals surface area contributed by atoms with Crippen LogP contribution in [-0.4, -0.2) is 11.7 Å². The first-order valence-corrected chi connectivity index (χ1v) is 4.39. The molecule has 0 spiro atoms. The summed E-state index contributed by atoms with van der Waals surface area (Å²) in [4.78, 5) is 0. The quantitative estimate of drug-likeness (QED) is 0.384. The third-order valence-electron chi connectivity index (χ3n) is 3.02. The van der Waals surface area contributed by atoms with E-state index in [-0.39, 0.29) is 5.60 Å². The number of ether oxygens (including phenoxy) is 1. The van der Waals surface area contributed by atoms with E-state index in [0.717, 1.165) is 12.8 Å². The van der Waals surface area contributed by atoms with Gasteiger partial charge in [0, 0.05) is 0 Å². The molecule has 1 nitrogen and oxygen atoms in total. The van der Waals surface area contributed by atoms with Crippen LogP contribution in [-0.2, 0) is 4.74 Å². The molecule has 1 heteroatoms. The van der Waals surface area contributed by atoms with Gasteiger partial charge in [-0.1, -0.05) is 32.9 Å². The van der Waals surface area contributed by atoms with Gasteiger partial charge in [-0.25, -0.2) is 0 Å². The molecule has 2 rings (SSSR count). The summed E-state index contributed by atoms with van der Waals surface area (Å²) in [6, 6.07) is 0. The molecule has 0 bridgehead atoms. The maximum atomic E-state index is 5.77. The maximum absolute atomic E-state index is 5.77. The van der Waals surface area contributed by atoms with Crippen LogP contribution in [0.25, 0.3) is 0 Å². The van der Waals surface area contributed by atoms with Crippen LogP contribution in [0.4, 0.5) is 0 Å². The summed E-state index contributed by atoms with van der Waals surface area (Å²) in [5, 5.41) is 0. The Bertz CT molecular complexity index is 199. The number of epoxide rings is 1. The summed E-state index contributed by atoms with van der Waals surface area (Å²) < 4.78 is 5.77. The normalized spacial score (nSPS) is 41.9. The van der Waals surface area contributed by atoms with Crippen LogP contribution in [0.3, 0.4) is 0 Å². The van der Waals surface area contributed by atoms with Crippen LogP contribution in [0.5, 0.6) is 0 Å². The largest absolute Gasteiger partial charge is 0.365 e. The van der Waals surface area contributed by atoms with Crippen molar-refractivity contribution in [2.45, 2.75) is 45.3 Å². The highest BCUT2D eigenvalue weighted by atomic mass is 16.6. The second-order valence-electron chi connectivity index (χ2n) is 4.66. The van der Waals surface area contributed by atoms with Crippen molar-refractivity contribution in [2.24, 2.45) is 5.41 Å². The van der Waals surface area contributed by atoms with E-state index in [1.807, 2.05) is 0 Å². The Balaban J connectivity index is 2.21. The van der Waals surface area contributed by atoms with Gasteiger partial charge in [-0.15, -0.1) is 0 Å². The van der Waals surface area contributed by atoms with Crippen LogP contribution in [0.1, 0.15) is 33.6 Å². The second-order valence-corrected chi connectivity index (χ2v) is 4.66. The molecule has 0 N–H and O–H groups in total. The molecule has 2 aliphatic rings. The van der Waals surface area contributed by atoms with Crippen LogP contribution < -0.4 is 0 Å². The topological polar surface area (TPSA) is 12.5 Å². The van der Waals surface area contributed by atoms with Gasteiger partial charge >= 0.3 is 0 Å². The van der Waals surface area contributed by atoms with Crippen molar-refractivity contribution in [2.75, 3.05) is 0 Å². The predicted octanol–water partition coefficient (Wildman–Crippen LogP) is 2.52. The van der Waals surface area contributed by atoms with E-state index < -0.39 is 0 Å².